The summed E-state index contributed by atoms with van der Waals surface area (Å²) in [4.78, 5) is 0. The van der Waals surface area contributed by atoms with Crippen LogP contribution < -0.4 is 0 Å². The van der Waals surface area contributed by atoms with E-state index in [1.807, 2.05) is 0 Å². The Kier molecular flexibility index (Phi) is 2.55. The summed E-state index contributed by atoms with van der Waals surface area (Å²) in [6.07, 6.45) is 0.122. The first kappa shape index (κ1) is 9.40. The Balaban J connectivity index is 1.96. The maximum atomic E-state index is 9.61. The molecule has 0 bridgehead atoms. The van der Waals surface area contributed by atoms with Crippen LogP contribution in [-0.2, 0) is 4.74 Å². The number of aliphatic hydroxyl groups excluding tert-OH is 3. The second-order valence-electron chi connectivity index (χ2n) is 4.04. The Hall–Kier alpha value is -0.160. The smallest absolute Gasteiger partial charge is 0.111 e. The Morgan fingerprint density at radius 3 is 2.23 bits per heavy atom. The molecule has 1 heterocycles. The molecular weight excluding hydrogens is 172 g/mol. The minimum absolute atomic E-state index is 0.138. The molecule has 0 aromatic rings. The van der Waals surface area contributed by atoms with Gasteiger partial charge in [0.1, 0.15) is 18.3 Å². The van der Waals surface area contributed by atoms with Crippen molar-refractivity contribution in [1.82, 2.24) is 0 Å². The van der Waals surface area contributed by atoms with Crippen LogP contribution >= 0.6 is 0 Å². The summed E-state index contributed by atoms with van der Waals surface area (Å²) in [5.41, 5.74) is 0. The minimum Gasteiger partial charge on any atom is -0.388 e. The lowest BCUT2D eigenvalue weighted by atomic mass is 9.77. The van der Waals surface area contributed by atoms with Crippen molar-refractivity contribution in [2.45, 2.75) is 43.7 Å². The summed E-state index contributed by atoms with van der Waals surface area (Å²) in [6, 6.07) is 0. The van der Waals surface area contributed by atoms with E-state index in [4.69, 9.17) is 4.74 Å². The largest absolute Gasteiger partial charge is 0.388 e. The van der Waals surface area contributed by atoms with Crippen molar-refractivity contribution in [3.05, 3.63) is 0 Å². The maximum Gasteiger partial charge on any atom is 0.111 e. The molecule has 76 valence electrons. The van der Waals surface area contributed by atoms with Gasteiger partial charge in [-0.15, -0.1) is 0 Å². The Bertz CT molecular complexity index is 180. The Morgan fingerprint density at radius 1 is 1.00 bits per heavy atom. The molecule has 1 aliphatic carbocycles. The van der Waals surface area contributed by atoms with Crippen molar-refractivity contribution in [2.24, 2.45) is 5.92 Å². The van der Waals surface area contributed by atoms with Crippen molar-refractivity contribution < 1.29 is 20.1 Å². The van der Waals surface area contributed by atoms with Gasteiger partial charge in [0, 0.05) is 0 Å². The molecule has 1 saturated carbocycles. The van der Waals surface area contributed by atoms with Crippen LogP contribution in [0.15, 0.2) is 0 Å². The van der Waals surface area contributed by atoms with Crippen LogP contribution in [0.1, 0.15) is 19.3 Å². The fourth-order valence-corrected chi connectivity index (χ4v) is 2.01. The van der Waals surface area contributed by atoms with Gasteiger partial charge in [0.2, 0.25) is 0 Å². The van der Waals surface area contributed by atoms with Crippen LogP contribution in [0.3, 0.4) is 0 Å². The van der Waals surface area contributed by atoms with Crippen LogP contribution in [0, 0.1) is 5.92 Å². The van der Waals surface area contributed by atoms with E-state index in [2.05, 4.69) is 0 Å². The second-order valence-corrected chi connectivity index (χ2v) is 4.04. The summed E-state index contributed by atoms with van der Waals surface area (Å²) >= 11 is 0. The van der Waals surface area contributed by atoms with E-state index >= 15 is 0 Å². The first-order valence-electron chi connectivity index (χ1n) is 4.86. The molecule has 0 radical (unpaired) electrons. The lowest BCUT2D eigenvalue weighted by Gasteiger charge is -2.42. The highest BCUT2D eigenvalue weighted by Crippen LogP contribution is 2.35. The highest BCUT2D eigenvalue weighted by Gasteiger charge is 2.42. The quantitative estimate of drug-likeness (QED) is 0.507. The van der Waals surface area contributed by atoms with Gasteiger partial charge in [-0.05, 0) is 18.8 Å². The van der Waals surface area contributed by atoms with Gasteiger partial charge in [-0.2, -0.15) is 0 Å². The molecule has 0 amide bonds. The molecule has 13 heavy (non-hydrogen) atoms. The van der Waals surface area contributed by atoms with Crippen molar-refractivity contribution >= 4 is 0 Å². The molecule has 4 nitrogen and oxygen atoms in total. The van der Waals surface area contributed by atoms with Gasteiger partial charge in [-0.3, -0.25) is 0 Å². The molecule has 1 saturated heterocycles. The summed E-state index contributed by atoms with van der Waals surface area (Å²) < 4.78 is 5.32. The average molecular weight is 188 g/mol. The van der Waals surface area contributed by atoms with E-state index in [1.165, 1.54) is 6.42 Å². The van der Waals surface area contributed by atoms with E-state index in [1.54, 1.807) is 0 Å². The number of hydrogen-bond acceptors (Lipinski definition) is 4. The van der Waals surface area contributed by atoms with Crippen LogP contribution in [0.4, 0.5) is 0 Å². The summed E-state index contributed by atoms with van der Waals surface area (Å²) in [6.45, 7) is 0.138. The van der Waals surface area contributed by atoms with E-state index in [-0.39, 0.29) is 12.7 Å². The predicted octanol–water partition coefficient (Wildman–Crippen LogP) is -0.732. The molecule has 2 rings (SSSR count). The standard InChI is InChI=1S/C9H16O4/c10-6-4-13-9(5-2-1-3-5)8(12)7(6)11/h5-12H,1-4H2. The van der Waals surface area contributed by atoms with E-state index in [0.717, 1.165) is 12.8 Å². The monoisotopic (exact) mass is 188 g/mol. The normalized spacial score (nSPS) is 47.3. The zero-order valence-corrected chi connectivity index (χ0v) is 7.47. The summed E-state index contributed by atoms with van der Waals surface area (Å²) in [7, 11) is 0. The first-order chi connectivity index (χ1) is 6.20. The zero-order chi connectivity index (χ0) is 9.42. The molecule has 2 fully saturated rings. The third kappa shape index (κ3) is 1.59. The molecule has 4 unspecified atom stereocenters. The maximum absolute atomic E-state index is 9.61. The minimum atomic E-state index is -1.04. The van der Waals surface area contributed by atoms with E-state index in [9.17, 15) is 15.3 Å². The van der Waals surface area contributed by atoms with Gasteiger partial charge in [-0.25, -0.2) is 0 Å². The van der Waals surface area contributed by atoms with Gasteiger partial charge < -0.3 is 20.1 Å². The highest BCUT2D eigenvalue weighted by atomic mass is 16.5. The van der Waals surface area contributed by atoms with Gasteiger partial charge in [0.15, 0.2) is 0 Å². The van der Waals surface area contributed by atoms with Gasteiger partial charge in [0.25, 0.3) is 0 Å². The van der Waals surface area contributed by atoms with Crippen LogP contribution in [0.25, 0.3) is 0 Å². The average Bonchev–Trinajstić information content (AvgIpc) is 2.03. The lowest BCUT2D eigenvalue weighted by Crippen LogP contribution is -2.56. The third-order valence-corrected chi connectivity index (χ3v) is 3.15. The molecule has 0 aromatic heterocycles. The lowest BCUT2D eigenvalue weighted by molar-refractivity contribution is -0.207. The van der Waals surface area contributed by atoms with Crippen LogP contribution in [0.5, 0.6) is 0 Å². The highest BCUT2D eigenvalue weighted by molar-refractivity contribution is 4.92. The fourth-order valence-electron chi connectivity index (χ4n) is 2.01. The number of aliphatic hydroxyl groups is 3. The number of rotatable bonds is 1. The van der Waals surface area contributed by atoms with Crippen LogP contribution in [-0.4, -0.2) is 46.3 Å². The zero-order valence-electron chi connectivity index (χ0n) is 7.47. The fraction of sp³-hybridized carbons (Fsp3) is 1.00. The molecule has 4 heteroatoms. The van der Waals surface area contributed by atoms with Crippen molar-refractivity contribution in [3.8, 4) is 0 Å². The molecule has 0 aromatic carbocycles. The number of hydrogen-bond donors (Lipinski definition) is 3. The molecule has 4 atom stereocenters. The van der Waals surface area contributed by atoms with Crippen LogP contribution in [0.2, 0.25) is 0 Å². The van der Waals surface area contributed by atoms with Gasteiger partial charge in [-0.1, -0.05) is 6.42 Å². The molecule has 3 N–H and O–H groups in total. The van der Waals surface area contributed by atoms with Crippen molar-refractivity contribution in [1.29, 1.82) is 0 Å². The van der Waals surface area contributed by atoms with E-state index < -0.39 is 18.3 Å². The predicted molar refractivity (Wildman–Crippen MR) is 45.1 cm³/mol. The summed E-state index contributed by atoms with van der Waals surface area (Å²) in [5.74, 6) is 0.372. The van der Waals surface area contributed by atoms with Gasteiger partial charge in [0.05, 0.1) is 12.7 Å². The van der Waals surface area contributed by atoms with E-state index in [0.29, 0.717) is 5.92 Å². The van der Waals surface area contributed by atoms with Crippen molar-refractivity contribution in [2.75, 3.05) is 6.61 Å². The third-order valence-electron chi connectivity index (χ3n) is 3.15. The Labute approximate surface area is 77.1 Å². The molecule has 2 aliphatic rings. The van der Waals surface area contributed by atoms with Gasteiger partial charge >= 0.3 is 0 Å². The molecule has 0 spiro atoms. The summed E-state index contributed by atoms with van der Waals surface area (Å²) in [5, 5.41) is 28.2. The molecule has 1 aliphatic heterocycles. The molecular formula is C9H16O4. The first-order valence-corrected chi connectivity index (χ1v) is 4.86. The second kappa shape index (κ2) is 3.53. The Morgan fingerprint density at radius 2 is 1.69 bits per heavy atom. The van der Waals surface area contributed by atoms with Crippen molar-refractivity contribution in [3.63, 3.8) is 0 Å². The topological polar surface area (TPSA) is 69.9 Å². The SMILES string of the molecule is OC1COC(C2CCC2)C(O)C1O. The number of ether oxygens (including phenoxy) is 1.